The first-order chi connectivity index (χ1) is 11.5. The standard InChI is InChI=1S/C14H15ClN4O2S3/c1-19(7-11(20)16-10-6-4-3-5-9(10)15)12(21)8-23-14-18-17-13(22-2)24-14/h3-6H,7-8H2,1-2H3,(H,16,20). The summed E-state index contributed by atoms with van der Waals surface area (Å²) in [5, 5.41) is 11.1. The van der Waals surface area contributed by atoms with Gasteiger partial charge in [0.25, 0.3) is 0 Å². The number of hydrogen-bond donors (Lipinski definition) is 1. The van der Waals surface area contributed by atoms with Crippen LogP contribution in [-0.4, -0.2) is 52.5 Å². The molecule has 0 aliphatic rings. The highest BCUT2D eigenvalue weighted by Gasteiger charge is 2.15. The molecule has 0 unspecified atom stereocenters. The lowest BCUT2D eigenvalue weighted by Crippen LogP contribution is -2.36. The largest absolute Gasteiger partial charge is 0.336 e. The maximum Gasteiger partial charge on any atom is 0.244 e. The molecule has 1 N–H and O–H groups in total. The van der Waals surface area contributed by atoms with Crippen molar-refractivity contribution < 1.29 is 9.59 Å². The molecule has 2 rings (SSSR count). The number of rotatable bonds is 7. The van der Waals surface area contributed by atoms with E-state index in [2.05, 4.69) is 15.5 Å². The molecule has 6 nitrogen and oxygen atoms in total. The smallest absolute Gasteiger partial charge is 0.244 e. The van der Waals surface area contributed by atoms with Crippen molar-refractivity contribution in [3.05, 3.63) is 29.3 Å². The number of nitrogens with zero attached hydrogens (tertiary/aromatic N) is 3. The first-order valence-electron chi connectivity index (χ1n) is 6.78. The van der Waals surface area contributed by atoms with Crippen molar-refractivity contribution in [3.8, 4) is 0 Å². The lowest BCUT2D eigenvalue weighted by molar-refractivity contribution is -0.131. The molecule has 0 saturated carbocycles. The normalized spacial score (nSPS) is 10.5. The van der Waals surface area contributed by atoms with E-state index in [0.717, 1.165) is 8.68 Å². The van der Waals surface area contributed by atoms with E-state index in [1.807, 2.05) is 6.26 Å². The summed E-state index contributed by atoms with van der Waals surface area (Å²) in [5.74, 6) is -0.251. The quantitative estimate of drug-likeness (QED) is 0.717. The van der Waals surface area contributed by atoms with Crippen LogP contribution in [0.3, 0.4) is 0 Å². The van der Waals surface area contributed by atoms with Gasteiger partial charge in [0, 0.05) is 7.05 Å². The molecule has 24 heavy (non-hydrogen) atoms. The fourth-order valence-electron chi connectivity index (χ4n) is 1.63. The van der Waals surface area contributed by atoms with Gasteiger partial charge in [0.1, 0.15) is 0 Å². The Morgan fingerprint density at radius 3 is 2.67 bits per heavy atom. The van der Waals surface area contributed by atoms with Gasteiger partial charge in [-0.2, -0.15) is 0 Å². The van der Waals surface area contributed by atoms with Gasteiger partial charge in [0.05, 0.1) is 23.0 Å². The summed E-state index contributed by atoms with van der Waals surface area (Å²) in [4.78, 5) is 25.5. The second-order valence-electron chi connectivity index (χ2n) is 4.60. The highest BCUT2D eigenvalue weighted by atomic mass is 35.5. The molecular weight excluding hydrogens is 388 g/mol. The van der Waals surface area contributed by atoms with E-state index >= 15 is 0 Å². The Labute approximate surface area is 157 Å². The van der Waals surface area contributed by atoms with Crippen LogP contribution in [0.25, 0.3) is 0 Å². The average Bonchev–Trinajstić information content (AvgIpc) is 3.02. The van der Waals surface area contributed by atoms with Gasteiger partial charge in [0.2, 0.25) is 11.8 Å². The number of carbonyl (C=O) groups is 2. The van der Waals surface area contributed by atoms with Gasteiger partial charge >= 0.3 is 0 Å². The number of amides is 2. The van der Waals surface area contributed by atoms with Crippen molar-refractivity contribution in [2.24, 2.45) is 0 Å². The molecule has 2 aromatic rings. The van der Waals surface area contributed by atoms with Crippen LogP contribution in [0.15, 0.2) is 32.9 Å². The lowest BCUT2D eigenvalue weighted by atomic mass is 10.3. The third-order valence-electron chi connectivity index (χ3n) is 2.84. The zero-order chi connectivity index (χ0) is 17.5. The maximum absolute atomic E-state index is 12.1. The first kappa shape index (κ1) is 19.0. The summed E-state index contributed by atoms with van der Waals surface area (Å²) in [6.07, 6.45) is 1.92. The minimum absolute atomic E-state index is 0.0448. The molecule has 10 heteroatoms. The Balaban J connectivity index is 1.80. The highest BCUT2D eigenvalue weighted by molar-refractivity contribution is 8.03. The third-order valence-corrected chi connectivity index (χ3v) is 6.18. The zero-order valence-corrected chi connectivity index (χ0v) is 16.2. The molecule has 1 heterocycles. The number of likely N-dealkylation sites (N-methyl/N-ethyl adjacent to an activating group) is 1. The summed E-state index contributed by atoms with van der Waals surface area (Å²) >= 11 is 10.3. The van der Waals surface area contributed by atoms with Gasteiger partial charge in [-0.05, 0) is 18.4 Å². The lowest BCUT2D eigenvalue weighted by Gasteiger charge is -2.16. The fourth-order valence-corrected chi connectivity index (χ4v) is 4.19. The molecule has 0 aliphatic heterocycles. The van der Waals surface area contributed by atoms with E-state index < -0.39 is 0 Å². The molecule has 0 fully saturated rings. The van der Waals surface area contributed by atoms with Gasteiger partial charge in [-0.15, -0.1) is 10.2 Å². The Morgan fingerprint density at radius 1 is 1.29 bits per heavy atom. The molecule has 0 bridgehead atoms. The number of anilines is 1. The molecule has 2 amide bonds. The minimum atomic E-state index is -0.301. The summed E-state index contributed by atoms with van der Waals surface area (Å²) in [7, 11) is 1.59. The van der Waals surface area contributed by atoms with E-state index in [1.54, 1.807) is 31.3 Å². The number of halogens is 1. The van der Waals surface area contributed by atoms with Crippen LogP contribution in [0.1, 0.15) is 0 Å². The molecule has 0 atom stereocenters. The van der Waals surface area contributed by atoms with Crippen molar-refractivity contribution in [1.29, 1.82) is 0 Å². The predicted octanol–water partition coefficient (Wildman–Crippen LogP) is 3.10. The molecule has 0 aliphatic carbocycles. The zero-order valence-electron chi connectivity index (χ0n) is 13.0. The van der Waals surface area contributed by atoms with E-state index in [1.165, 1.54) is 39.8 Å². The van der Waals surface area contributed by atoms with Crippen molar-refractivity contribution in [2.45, 2.75) is 8.68 Å². The van der Waals surface area contributed by atoms with Crippen molar-refractivity contribution in [2.75, 3.05) is 30.9 Å². The monoisotopic (exact) mass is 402 g/mol. The summed E-state index contributed by atoms with van der Waals surface area (Å²) in [6, 6.07) is 6.95. The first-order valence-corrected chi connectivity index (χ1v) is 10.2. The van der Waals surface area contributed by atoms with Crippen molar-refractivity contribution >= 4 is 64.0 Å². The van der Waals surface area contributed by atoms with E-state index in [9.17, 15) is 9.59 Å². The van der Waals surface area contributed by atoms with Crippen LogP contribution in [0, 0.1) is 0 Å². The number of hydrogen-bond acceptors (Lipinski definition) is 7. The van der Waals surface area contributed by atoms with Crippen LogP contribution in [0.2, 0.25) is 5.02 Å². The van der Waals surface area contributed by atoms with E-state index in [4.69, 9.17) is 11.6 Å². The Morgan fingerprint density at radius 2 is 2.00 bits per heavy atom. The molecule has 1 aromatic carbocycles. The van der Waals surface area contributed by atoms with E-state index in [0.29, 0.717) is 10.7 Å². The Bertz CT molecular complexity index is 726. The molecule has 128 valence electrons. The van der Waals surface area contributed by atoms with Gasteiger partial charge in [-0.25, -0.2) is 0 Å². The Kier molecular flexibility index (Phi) is 7.35. The van der Waals surface area contributed by atoms with Crippen LogP contribution >= 0.6 is 46.5 Å². The topological polar surface area (TPSA) is 75.2 Å². The number of thioether (sulfide) groups is 2. The third kappa shape index (κ3) is 5.66. The number of para-hydroxylation sites is 1. The maximum atomic E-state index is 12.1. The molecule has 1 aromatic heterocycles. The van der Waals surface area contributed by atoms with Crippen LogP contribution < -0.4 is 5.32 Å². The molecule has 0 spiro atoms. The second-order valence-corrected chi connectivity index (χ2v) is 8.27. The van der Waals surface area contributed by atoms with E-state index in [-0.39, 0.29) is 24.1 Å². The molecule has 0 radical (unpaired) electrons. The predicted molar refractivity (Wildman–Crippen MR) is 100 cm³/mol. The summed E-state index contributed by atoms with van der Waals surface area (Å²) in [5.41, 5.74) is 0.526. The van der Waals surface area contributed by atoms with Crippen molar-refractivity contribution in [3.63, 3.8) is 0 Å². The second kappa shape index (κ2) is 9.26. The molecule has 0 saturated heterocycles. The van der Waals surface area contributed by atoms with Gasteiger partial charge in [-0.1, -0.05) is 58.6 Å². The fraction of sp³-hybridized carbons (Fsp3) is 0.286. The minimum Gasteiger partial charge on any atom is -0.336 e. The SMILES string of the molecule is CSc1nnc(SCC(=O)N(C)CC(=O)Nc2ccccc2Cl)s1. The number of nitrogens with one attached hydrogen (secondary N) is 1. The number of aromatic nitrogens is 2. The Hall–Kier alpha value is -1.29. The highest BCUT2D eigenvalue weighted by Crippen LogP contribution is 2.27. The average molecular weight is 403 g/mol. The van der Waals surface area contributed by atoms with Crippen LogP contribution in [-0.2, 0) is 9.59 Å². The number of carbonyl (C=O) groups excluding carboxylic acids is 2. The van der Waals surface area contributed by atoms with Gasteiger partial charge < -0.3 is 10.2 Å². The van der Waals surface area contributed by atoms with Crippen LogP contribution in [0.5, 0.6) is 0 Å². The van der Waals surface area contributed by atoms with Gasteiger partial charge in [-0.3, -0.25) is 9.59 Å². The number of benzene rings is 1. The van der Waals surface area contributed by atoms with Crippen LogP contribution in [0.4, 0.5) is 5.69 Å². The summed E-state index contributed by atoms with van der Waals surface area (Å²) in [6.45, 7) is -0.0448. The summed E-state index contributed by atoms with van der Waals surface area (Å²) < 4.78 is 1.60. The van der Waals surface area contributed by atoms with Gasteiger partial charge in [0.15, 0.2) is 8.68 Å². The molecular formula is C14H15ClN4O2S3. The van der Waals surface area contributed by atoms with Crippen molar-refractivity contribution in [1.82, 2.24) is 15.1 Å².